The molecular weight excluding hydrogens is 372 g/mol. The van der Waals surface area contributed by atoms with Crippen LogP contribution in [0.1, 0.15) is 28.8 Å². The molecule has 1 amide bonds. The third kappa shape index (κ3) is 4.19. The number of piperidine rings is 3. The fraction of sp³-hybridized carbons (Fsp3) is 0.364. The summed E-state index contributed by atoms with van der Waals surface area (Å²) in [7, 11) is 0. The number of hydrogen-bond donors (Lipinski definition) is 2. The minimum Gasteiger partial charge on any atom is -0.506 e. The van der Waals surface area contributed by atoms with Crippen molar-refractivity contribution in [3.63, 3.8) is 0 Å². The molecule has 1 atom stereocenters. The van der Waals surface area contributed by atoms with Crippen molar-refractivity contribution in [1.82, 2.24) is 4.90 Å². The summed E-state index contributed by atoms with van der Waals surface area (Å²) in [4.78, 5) is 28.1. The smallest absolute Gasteiger partial charge is 0.415 e. The standard InChI is InChI=1S/C22H24N2O5/c25-19-7-2-1-6-18(19)24(13-15-4-3-5-17(12-15)21(26)27)22(28)29-20-14-23-10-8-16(20)9-11-23/h1-7,12,16,20,25H,8-11,13-14H2,(H,26,27)/t20-/m0/s1. The third-order valence-corrected chi connectivity index (χ3v) is 5.76. The second-order valence-corrected chi connectivity index (χ2v) is 7.64. The molecule has 3 aliphatic rings. The number of benzene rings is 2. The van der Waals surface area contributed by atoms with Crippen LogP contribution < -0.4 is 4.90 Å². The highest BCUT2D eigenvalue weighted by Gasteiger charge is 2.37. The van der Waals surface area contributed by atoms with Gasteiger partial charge in [-0.1, -0.05) is 24.3 Å². The number of carbonyl (C=O) groups is 2. The molecule has 2 aromatic carbocycles. The summed E-state index contributed by atoms with van der Waals surface area (Å²) in [5, 5.41) is 19.6. The molecule has 0 aliphatic carbocycles. The topological polar surface area (TPSA) is 90.3 Å². The Bertz CT molecular complexity index is 908. The Labute approximate surface area is 169 Å². The summed E-state index contributed by atoms with van der Waals surface area (Å²) < 4.78 is 5.86. The number of hydrogen-bond acceptors (Lipinski definition) is 5. The van der Waals surface area contributed by atoms with Crippen LogP contribution in [0.2, 0.25) is 0 Å². The van der Waals surface area contributed by atoms with Crippen molar-refractivity contribution in [2.75, 3.05) is 24.5 Å². The Hall–Kier alpha value is -3.06. The monoisotopic (exact) mass is 396 g/mol. The van der Waals surface area contributed by atoms with Crippen molar-refractivity contribution in [2.45, 2.75) is 25.5 Å². The average molecular weight is 396 g/mol. The van der Waals surface area contributed by atoms with Gasteiger partial charge in [-0.15, -0.1) is 0 Å². The maximum absolute atomic E-state index is 13.1. The van der Waals surface area contributed by atoms with Crippen molar-refractivity contribution >= 4 is 17.7 Å². The number of phenolic OH excluding ortho intramolecular Hbond substituents is 1. The van der Waals surface area contributed by atoms with Gasteiger partial charge in [0.25, 0.3) is 0 Å². The molecular formula is C22H24N2O5. The third-order valence-electron chi connectivity index (χ3n) is 5.76. The summed E-state index contributed by atoms with van der Waals surface area (Å²) in [6, 6.07) is 13.0. The van der Waals surface area contributed by atoms with Gasteiger partial charge < -0.3 is 14.9 Å². The highest BCUT2D eigenvalue weighted by molar-refractivity contribution is 5.90. The van der Waals surface area contributed by atoms with Crippen molar-refractivity contribution < 1.29 is 24.5 Å². The first-order valence-corrected chi connectivity index (χ1v) is 9.82. The van der Waals surface area contributed by atoms with Gasteiger partial charge in [-0.05, 0) is 61.7 Å². The number of fused-ring (bicyclic) bond motifs is 3. The zero-order valence-electron chi connectivity index (χ0n) is 16.0. The van der Waals surface area contributed by atoms with Crippen LogP contribution in [0.25, 0.3) is 0 Å². The fourth-order valence-electron chi connectivity index (χ4n) is 4.16. The molecule has 0 unspecified atom stereocenters. The normalized spacial score (nSPS) is 22.8. The lowest BCUT2D eigenvalue weighted by Crippen LogP contribution is -2.53. The number of ether oxygens (including phenoxy) is 1. The molecule has 5 rings (SSSR count). The molecule has 0 radical (unpaired) electrons. The van der Waals surface area contributed by atoms with Gasteiger partial charge in [0, 0.05) is 6.54 Å². The van der Waals surface area contributed by atoms with Crippen LogP contribution in [0, 0.1) is 5.92 Å². The SMILES string of the molecule is O=C(O)c1cccc(CN(C(=O)O[C@H]2CN3CCC2CC3)c2ccccc2O)c1. The summed E-state index contributed by atoms with van der Waals surface area (Å²) in [6.07, 6.45) is 1.35. The lowest BCUT2D eigenvalue weighted by molar-refractivity contribution is -0.0311. The zero-order valence-corrected chi connectivity index (χ0v) is 16.0. The molecule has 7 heteroatoms. The molecule has 3 saturated heterocycles. The quantitative estimate of drug-likeness (QED) is 0.806. The van der Waals surface area contributed by atoms with Crippen molar-refractivity contribution in [3.8, 4) is 5.75 Å². The zero-order chi connectivity index (χ0) is 20.4. The molecule has 2 N–H and O–H groups in total. The van der Waals surface area contributed by atoms with Gasteiger partial charge in [-0.2, -0.15) is 0 Å². The highest BCUT2D eigenvalue weighted by atomic mass is 16.6. The minimum atomic E-state index is -1.03. The van der Waals surface area contributed by atoms with E-state index in [1.54, 1.807) is 30.3 Å². The number of anilines is 1. The number of nitrogens with zero attached hydrogens (tertiary/aromatic N) is 2. The van der Waals surface area contributed by atoms with E-state index < -0.39 is 12.1 Å². The Morgan fingerprint density at radius 1 is 1.10 bits per heavy atom. The summed E-state index contributed by atoms with van der Waals surface area (Å²) in [5.41, 5.74) is 1.11. The van der Waals surface area contributed by atoms with Crippen LogP contribution in [-0.4, -0.2) is 52.9 Å². The first kappa shape index (κ1) is 19.3. The van der Waals surface area contributed by atoms with Crippen LogP contribution in [0.5, 0.6) is 5.75 Å². The molecule has 0 spiro atoms. The molecule has 3 heterocycles. The molecule has 2 bridgehead atoms. The number of para-hydroxylation sites is 2. The number of carbonyl (C=O) groups excluding carboxylic acids is 1. The van der Waals surface area contributed by atoms with Gasteiger partial charge in [0.2, 0.25) is 0 Å². The fourth-order valence-corrected chi connectivity index (χ4v) is 4.16. The number of carboxylic acid groups (broad SMARTS) is 1. The average Bonchev–Trinajstić information content (AvgIpc) is 2.73. The Balaban J connectivity index is 1.58. The van der Waals surface area contributed by atoms with Crippen LogP contribution >= 0.6 is 0 Å². The predicted molar refractivity (Wildman–Crippen MR) is 107 cm³/mol. The highest BCUT2D eigenvalue weighted by Crippen LogP contribution is 2.32. The second-order valence-electron chi connectivity index (χ2n) is 7.64. The minimum absolute atomic E-state index is 0.0345. The molecule has 3 fully saturated rings. The van der Waals surface area contributed by atoms with E-state index in [0.717, 1.165) is 32.5 Å². The van der Waals surface area contributed by atoms with E-state index in [1.165, 1.54) is 23.1 Å². The molecule has 7 nitrogen and oxygen atoms in total. The van der Waals surface area contributed by atoms with Gasteiger partial charge in [0.1, 0.15) is 11.9 Å². The molecule has 2 aromatic rings. The maximum atomic E-state index is 13.1. The van der Waals surface area contributed by atoms with E-state index in [1.807, 2.05) is 0 Å². The van der Waals surface area contributed by atoms with Crippen molar-refractivity contribution in [3.05, 3.63) is 59.7 Å². The largest absolute Gasteiger partial charge is 0.506 e. The number of rotatable bonds is 5. The second kappa shape index (κ2) is 8.13. The Kier molecular flexibility index (Phi) is 5.40. The summed E-state index contributed by atoms with van der Waals surface area (Å²) >= 11 is 0. The first-order valence-electron chi connectivity index (χ1n) is 9.82. The number of aromatic carboxylic acids is 1. The van der Waals surface area contributed by atoms with Gasteiger partial charge in [-0.25, -0.2) is 9.59 Å². The van der Waals surface area contributed by atoms with Gasteiger partial charge >= 0.3 is 12.1 Å². The molecule has 0 saturated carbocycles. The predicted octanol–water partition coefficient (Wildman–Crippen LogP) is 3.33. The molecule has 29 heavy (non-hydrogen) atoms. The number of carboxylic acids is 1. The Morgan fingerprint density at radius 2 is 1.86 bits per heavy atom. The van der Waals surface area contributed by atoms with E-state index >= 15 is 0 Å². The van der Waals surface area contributed by atoms with E-state index in [0.29, 0.717) is 17.2 Å². The van der Waals surface area contributed by atoms with E-state index in [2.05, 4.69) is 4.90 Å². The van der Waals surface area contributed by atoms with Crippen LogP contribution in [0.4, 0.5) is 10.5 Å². The van der Waals surface area contributed by atoms with Gasteiger partial charge in [0.15, 0.2) is 0 Å². The van der Waals surface area contributed by atoms with Gasteiger partial charge in [-0.3, -0.25) is 9.80 Å². The van der Waals surface area contributed by atoms with E-state index in [-0.39, 0.29) is 24.0 Å². The molecule has 0 aromatic heterocycles. The lowest BCUT2D eigenvalue weighted by Gasteiger charge is -2.44. The maximum Gasteiger partial charge on any atom is 0.415 e. The lowest BCUT2D eigenvalue weighted by atomic mass is 9.86. The van der Waals surface area contributed by atoms with Crippen molar-refractivity contribution in [2.24, 2.45) is 5.92 Å². The Morgan fingerprint density at radius 3 is 2.52 bits per heavy atom. The molecule has 3 aliphatic heterocycles. The number of phenols is 1. The van der Waals surface area contributed by atoms with Crippen LogP contribution in [-0.2, 0) is 11.3 Å². The van der Waals surface area contributed by atoms with E-state index in [9.17, 15) is 19.8 Å². The summed E-state index contributed by atoms with van der Waals surface area (Å²) in [5.74, 6) is -0.700. The number of aromatic hydroxyl groups is 1. The first-order chi connectivity index (χ1) is 14.0. The van der Waals surface area contributed by atoms with Gasteiger partial charge in [0.05, 0.1) is 17.8 Å². The molecule has 152 valence electrons. The summed E-state index contributed by atoms with van der Waals surface area (Å²) in [6.45, 7) is 2.92. The van der Waals surface area contributed by atoms with Crippen molar-refractivity contribution in [1.29, 1.82) is 0 Å². The number of amides is 1. The van der Waals surface area contributed by atoms with E-state index in [4.69, 9.17) is 4.74 Å². The van der Waals surface area contributed by atoms with Crippen LogP contribution in [0.15, 0.2) is 48.5 Å². The van der Waals surface area contributed by atoms with Crippen LogP contribution in [0.3, 0.4) is 0 Å².